The molecular formula is C24H26N4OS2. The summed E-state index contributed by atoms with van der Waals surface area (Å²) in [4.78, 5) is 4.80. The number of thiazole rings is 1. The Labute approximate surface area is 191 Å². The summed E-state index contributed by atoms with van der Waals surface area (Å²) >= 11 is 3.32. The van der Waals surface area contributed by atoms with Crippen molar-refractivity contribution in [3.8, 4) is 16.3 Å². The van der Waals surface area contributed by atoms with Gasteiger partial charge in [0.1, 0.15) is 10.8 Å². The largest absolute Gasteiger partial charge is 0.482 e. The third-order valence-electron chi connectivity index (χ3n) is 5.03. The summed E-state index contributed by atoms with van der Waals surface area (Å²) < 4.78 is 8.17. The zero-order valence-corrected chi connectivity index (χ0v) is 20.0. The van der Waals surface area contributed by atoms with Crippen LogP contribution in [0.2, 0.25) is 0 Å². The first kappa shape index (κ1) is 21.6. The standard InChI is InChI=1S/C24H26N4OS2/c1-15-7-6-8-19(12-15)23-25-20(13-30-23)14-31-24-27-26-22(28(24)5)18(4)29-21-10-9-16(2)11-17(21)3/h6-13,18H,14H2,1-5H3. The van der Waals surface area contributed by atoms with Crippen LogP contribution in [-0.4, -0.2) is 19.7 Å². The molecule has 31 heavy (non-hydrogen) atoms. The second-order valence-corrected chi connectivity index (χ2v) is 9.53. The molecule has 0 aliphatic heterocycles. The van der Waals surface area contributed by atoms with Gasteiger partial charge in [-0.3, -0.25) is 0 Å². The molecule has 0 aliphatic carbocycles. The van der Waals surface area contributed by atoms with Gasteiger partial charge in [-0.25, -0.2) is 4.98 Å². The van der Waals surface area contributed by atoms with Crippen LogP contribution in [0.25, 0.3) is 10.6 Å². The number of rotatable bonds is 7. The Morgan fingerprint density at radius 1 is 1.06 bits per heavy atom. The molecule has 0 radical (unpaired) electrons. The van der Waals surface area contributed by atoms with E-state index in [4.69, 9.17) is 9.72 Å². The van der Waals surface area contributed by atoms with E-state index < -0.39 is 0 Å². The van der Waals surface area contributed by atoms with E-state index in [1.807, 2.05) is 24.6 Å². The smallest absolute Gasteiger partial charge is 0.191 e. The van der Waals surface area contributed by atoms with E-state index in [0.29, 0.717) is 0 Å². The summed E-state index contributed by atoms with van der Waals surface area (Å²) in [6.07, 6.45) is -0.194. The Kier molecular flexibility index (Phi) is 6.43. The first-order chi connectivity index (χ1) is 14.9. The maximum absolute atomic E-state index is 6.16. The lowest BCUT2D eigenvalue weighted by Gasteiger charge is -2.16. The normalized spacial score (nSPS) is 12.2. The number of hydrogen-bond acceptors (Lipinski definition) is 6. The van der Waals surface area contributed by atoms with Gasteiger partial charge in [-0.05, 0) is 45.4 Å². The molecule has 0 spiro atoms. The Morgan fingerprint density at radius 3 is 2.65 bits per heavy atom. The molecule has 7 heteroatoms. The molecule has 5 nitrogen and oxygen atoms in total. The fraction of sp³-hybridized carbons (Fsp3) is 0.292. The first-order valence-corrected chi connectivity index (χ1v) is 12.0. The van der Waals surface area contributed by atoms with Crippen molar-refractivity contribution in [3.05, 3.63) is 76.1 Å². The van der Waals surface area contributed by atoms with Gasteiger partial charge < -0.3 is 9.30 Å². The maximum Gasteiger partial charge on any atom is 0.191 e. The maximum atomic E-state index is 6.16. The molecule has 0 saturated carbocycles. The van der Waals surface area contributed by atoms with E-state index in [9.17, 15) is 0 Å². The summed E-state index contributed by atoms with van der Waals surface area (Å²) in [5.74, 6) is 2.43. The third-order valence-corrected chi connectivity index (χ3v) is 7.03. The summed E-state index contributed by atoms with van der Waals surface area (Å²) in [5.41, 5.74) is 5.81. The van der Waals surface area contributed by atoms with Crippen LogP contribution in [0.15, 0.2) is 53.0 Å². The minimum absolute atomic E-state index is 0.194. The third kappa shape index (κ3) is 4.99. The Balaban J connectivity index is 1.42. The van der Waals surface area contributed by atoms with Crippen LogP contribution in [0, 0.1) is 20.8 Å². The lowest BCUT2D eigenvalue weighted by atomic mass is 10.1. The molecule has 4 rings (SSSR count). The molecule has 2 heterocycles. The fourth-order valence-electron chi connectivity index (χ4n) is 3.40. The number of benzene rings is 2. The van der Waals surface area contributed by atoms with E-state index in [2.05, 4.69) is 72.7 Å². The Hall–Kier alpha value is -2.64. The van der Waals surface area contributed by atoms with Crippen LogP contribution in [0.5, 0.6) is 5.75 Å². The van der Waals surface area contributed by atoms with Crippen molar-refractivity contribution >= 4 is 23.1 Å². The highest BCUT2D eigenvalue weighted by Crippen LogP contribution is 2.30. The van der Waals surface area contributed by atoms with E-state index in [1.54, 1.807) is 23.1 Å². The number of hydrogen-bond donors (Lipinski definition) is 0. The topological polar surface area (TPSA) is 52.8 Å². The SMILES string of the molecule is Cc1cccc(-c2nc(CSc3nnc(C(C)Oc4ccc(C)cc4C)n3C)cs2)c1. The number of aromatic nitrogens is 4. The van der Waals surface area contributed by atoms with Crippen LogP contribution < -0.4 is 4.74 Å². The minimum Gasteiger partial charge on any atom is -0.482 e. The van der Waals surface area contributed by atoms with Crippen LogP contribution in [0.1, 0.15) is 41.2 Å². The molecule has 4 aromatic rings. The average Bonchev–Trinajstić information content (AvgIpc) is 3.35. The zero-order valence-electron chi connectivity index (χ0n) is 18.4. The quantitative estimate of drug-likeness (QED) is 0.309. The molecule has 0 amide bonds. The van der Waals surface area contributed by atoms with Crippen molar-refractivity contribution in [1.82, 2.24) is 19.7 Å². The fourth-order valence-corrected chi connectivity index (χ4v) is 5.14. The summed E-state index contributed by atoms with van der Waals surface area (Å²) in [6, 6.07) is 14.6. The van der Waals surface area contributed by atoms with E-state index in [0.717, 1.165) is 38.7 Å². The van der Waals surface area contributed by atoms with Gasteiger partial charge in [-0.15, -0.1) is 21.5 Å². The summed E-state index contributed by atoms with van der Waals surface area (Å²) in [7, 11) is 1.98. The minimum atomic E-state index is -0.194. The molecule has 160 valence electrons. The van der Waals surface area contributed by atoms with Crippen LogP contribution in [-0.2, 0) is 12.8 Å². The van der Waals surface area contributed by atoms with Crippen molar-refractivity contribution in [3.63, 3.8) is 0 Å². The predicted octanol–water partition coefficient (Wildman–Crippen LogP) is 6.30. The number of thioether (sulfide) groups is 1. The van der Waals surface area contributed by atoms with Gasteiger partial charge in [-0.1, -0.05) is 53.2 Å². The molecule has 2 aromatic heterocycles. The van der Waals surface area contributed by atoms with Gasteiger partial charge >= 0.3 is 0 Å². The van der Waals surface area contributed by atoms with Gasteiger partial charge in [0.15, 0.2) is 17.1 Å². The van der Waals surface area contributed by atoms with Crippen LogP contribution in [0.4, 0.5) is 0 Å². The summed E-state index contributed by atoms with van der Waals surface area (Å²) in [5, 5.41) is 12.8. The second-order valence-electron chi connectivity index (χ2n) is 7.73. The molecule has 1 atom stereocenters. The number of aryl methyl sites for hydroxylation is 3. The first-order valence-electron chi connectivity index (χ1n) is 10.2. The lowest BCUT2D eigenvalue weighted by Crippen LogP contribution is -2.10. The van der Waals surface area contributed by atoms with Gasteiger partial charge in [0.25, 0.3) is 0 Å². The molecule has 1 unspecified atom stereocenters. The zero-order chi connectivity index (χ0) is 22.0. The molecule has 0 saturated heterocycles. The Bertz CT molecular complexity index is 1200. The highest BCUT2D eigenvalue weighted by atomic mass is 32.2. The van der Waals surface area contributed by atoms with Gasteiger partial charge in [0.2, 0.25) is 0 Å². The molecule has 0 fully saturated rings. The second kappa shape index (κ2) is 9.24. The average molecular weight is 451 g/mol. The van der Waals surface area contributed by atoms with Gasteiger partial charge in [-0.2, -0.15) is 0 Å². The van der Waals surface area contributed by atoms with Crippen molar-refractivity contribution in [2.24, 2.45) is 7.05 Å². The van der Waals surface area contributed by atoms with Crippen LogP contribution in [0.3, 0.4) is 0 Å². The number of nitrogens with zero attached hydrogens (tertiary/aromatic N) is 4. The molecule has 0 bridgehead atoms. The molecule has 0 aliphatic rings. The van der Waals surface area contributed by atoms with Crippen molar-refractivity contribution < 1.29 is 4.74 Å². The number of ether oxygens (including phenoxy) is 1. The highest BCUT2D eigenvalue weighted by molar-refractivity contribution is 7.98. The Morgan fingerprint density at radius 2 is 1.87 bits per heavy atom. The predicted molar refractivity (Wildman–Crippen MR) is 128 cm³/mol. The van der Waals surface area contributed by atoms with Crippen molar-refractivity contribution in [1.29, 1.82) is 0 Å². The van der Waals surface area contributed by atoms with Crippen molar-refractivity contribution in [2.75, 3.05) is 0 Å². The van der Waals surface area contributed by atoms with Crippen molar-refractivity contribution in [2.45, 2.75) is 44.7 Å². The van der Waals surface area contributed by atoms with E-state index >= 15 is 0 Å². The monoisotopic (exact) mass is 450 g/mol. The van der Waals surface area contributed by atoms with E-state index in [-0.39, 0.29) is 6.10 Å². The molecule has 2 aromatic carbocycles. The lowest BCUT2D eigenvalue weighted by molar-refractivity contribution is 0.210. The van der Waals surface area contributed by atoms with E-state index in [1.165, 1.54) is 16.7 Å². The summed E-state index contributed by atoms with van der Waals surface area (Å²) in [6.45, 7) is 8.25. The molecular weight excluding hydrogens is 424 g/mol. The van der Waals surface area contributed by atoms with Gasteiger partial charge in [0.05, 0.1) is 5.69 Å². The van der Waals surface area contributed by atoms with Gasteiger partial charge in [0, 0.05) is 23.7 Å². The molecule has 0 N–H and O–H groups in total. The van der Waals surface area contributed by atoms with Crippen LogP contribution >= 0.6 is 23.1 Å². The highest BCUT2D eigenvalue weighted by Gasteiger charge is 2.18.